The predicted molar refractivity (Wildman–Crippen MR) is 203 cm³/mol. The molecule has 0 N–H and O–H groups in total. The Hall–Kier alpha value is -5.46. The van der Waals surface area contributed by atoms with E-state index in [4.69, 9.17) is 0 Å². The van der Waals surface area contributed by atoms with Crippen LogP contribution >= 0.6 is 0 Å². The van der Waals surface area contributed by atoms with Gasteiger partial charge < -0.3 is 0 Å². The molecule has 0 bridgehead atoms. The smallest absolute Gasteiger partial charge is 0.0159 e. The summed E-state index contributed by atoms with van der Waals surface area (Å²) in [5.41, 5.74) is 17.2. The second-order valence-corrected chi connectivity index (χ2v) is 13.7. The minimum absolute atomic E-state index is 0.0601. The van der Waals surface area contributed by atoms with Gasteiger partial charge in [-0.1, -0.05) is 184 Å². The predicted octanol–water partition coefficient (Wildman–Crippen LogP) is 12.8. The molecule has 1 aliphatic rings. The van der Waals surface area contributed by atoms with Gasteiger partial charge in [0.2, 0.25) is 0 Å². The fraction of sp³-hybridized carbons (Fsp3) is 0.125. The van der Waals surface area contributed by atoms with Crippen LogP contribution in [-0.2, 0) is 11.8 Å². The second-order valence-electron chi connectivity index (χ2n) is 13.7. The average Bonchev–Trinajstić information content (AvgIpc) is 3.38. The van der Waals surface area contributed by atoms with Crippen molar-refractivity contribution < 1.29 is 0 Å². The molecule has 232 valence electrons. The minimum atomic E-state index is -0.0601. The third-order valence-corrected chi connectivity index (χ3v) is 10.4. The number of rotatable bonds is 8. The van der Waals surface area contributed by atoms with Gasteiger partial charge in [0.1, 0.15) is 0 Å². The van der Waals surface area contributed by atoms with Crippen LogP contribution in [0.2, 0.25) is 0 Å². The molecule has 0 amide bonds. The average molecular weight is 617 g/mol. The molecule has 7 aromatic rings. The molecule has 0 spiro atoms. The summed E-state index contributed by atoms with van der Waals surface area (Å²) in [7, 11) is 0. The third kappa shape index (κ3) is 5.69. The van der Waals surface area contributed by atoms with E-state index in [1.54, 1.807) is 0 Å². The van der Waals surface area contributed by atoms with Crippen molar-refractivity contribution in [1.82, 2.24) is 0 Å². The van der Waals surface area contributed by atoms with Crippen LogP contribution in [0.3, 0.4) is 0 Å². The molecule has 0 heterocycles. The van der Waals surface area contributed by atoms with Gasteiger partial charge in [0, 0.05) is 11.3 Å². The van der Waals surface area contributed by atoms with Crippen molar-refractivity contribution in [3.05, 3.63) is 204 Å². The molecule has 0 atom stereocenters. The molecule has 0 saturated heterocycles. The lowest BCUT2D eigenvalue weighted by Gasteiger charge is -2.23. The van der Waals surface area contributed by atoms with E-state index in [-0.39, 0.29) is 5.41 Å². The van der Waals surface area contributed by atoms with E-state index in [9.17, 15) is 0 Å². The lowest BCUT2D eigenvalue weighted by Crippen LogP contribution is -2.15. The van der Waals surface area contributed by atoms with Crippen LogP contribution in [0.1, 0.15) is 54.0 Å². The van der Waals surface area contributed by atoms with Gasteiger partial charge in [-0.05, 0) is 91.2 Å². The van der Waals surface area contributed by atoms with Gasteiger partial charge in [-0.15, -0.1) is 0 Å². The van der Waals surface area contributed by atoms with Gasteiger partial charge in [-0.3, -0.25) is 0 Å². The Bertz CT molecular complexity index is 2120. The van der Waals surface area contributed by atoms with Crippen molar-refractivity contribution in [2.75, 3.05) is 0 Å². The van der Waals surface area contributed by atoms with Crippen molar-refractivity contribution in [2.45, 2.75) is 38.0 Å². The van der Waals surface area contributed by atoms with Gasteiger partial charge in [-0.25, -0.2) is 0 Å². The molecule has 0 heteroatoms. The maximum atomic E-state index is 2.49. The van der Waals surface area contributed by atoms with Gasteiger partial charge in [0.05, 0.1) is 0 Å². The first-order valence-corrected chi connectivity index (χ1v) is 17.2. The van der Waals surface area contributed by atoms with Crippen molar-refractivity contribution in [3.8, 4) is 44.5 Å². The zero-order valence-corrected chi connectivity index (χ0v) is 27.7. The van der Waals surface area contributed by atoms with E-state index in [1.807, 2.05) is 0 Å². The Morgan fingerprint density at radius 2 is 0.792 bits per heavy atom. The molecule has 8 rings (SSSR count). The highest BCUT2D eigenvalue weighted by atomic mass is 14.4. The molecular weight excluding hydrogens is 577 g/mol. The van der Waals surface area contributed by atoms with Crippen molar-refractivity contribution >= 4 is 0 Å². The first-order valence-electron chi connectivity index (χ1n) is 17.2. The summed E-state index contributed by atoms with van der Waals surface area (Å²) in [6, 6.07) is 64.7. The largest absolute Gasteiger partial charge is 0.0622 e. The topological polar surface area (TPSA) is 0 Å². The van der Waals surface area contributed by atoms with E-state index in [2.05, 4.69) is 190 Å². The minimum Gasteiger partial charge on any atom is -0.0622 e. The summed E-state index contributed by atoms with van der Waals surface area (Å²) >= 11 is 0. The molecular formula is C48H40. The molecule has 0 aromatic heterocycles. The van der Waals surface area contributed by atoms with Crippen LogP contribution in [0, 0.1) is 0 Å². The molecule has 0 aliphatic heterocycles. The van der Waals surface area contributed by atoms with Crippen LogP contribution in [-0.4, -0.2) is 0 Å². The Morgan fingerprint density at radius 3 is 1.31 bits per heavy atom. The maximum absolute atomic E-state index is 2.49. The van der Waals surface area contributed by atoms with E-state index >= 15 is 0 Å². The van der Waals surface area contributed by atoms with Crippen molar-refractivity contribution in [3.63, 3.8) is 0 Å². The highest BCUT2D eigenvalue weighted by Crippen LogP contribution is 2.50. The monoisotopic (exact) mass is 616 g/mol. The first-order chi connectivity index (χ1) is 23.5. The zero-order valence-electron chi connectivity index (χ0n) is 27.7. The summed E-state index contributed by atoms with van der Waals surface area (Å²) in [5, 5.41) is 0. The fourth-order valence-electron chi connectivity index (χ4n) is 7.67. The number of fused-ring (bicyclic) bond motifs is 3. The standard InChI is InChI=1S/C48H40/c1-48(2)46-32-34(18-29-43(40-14-8-4-9-15-40)41-16-10-5-11-17-41)19-30-44(46)45-31-28-42(33-47(45)48)39-26-24-38(25-27-39)37-22-20-36(21-23-37)35-12-6-3-7-13-35/h3-17,19-28,30-33,43H,18,29H2,1-2H3. The van der Waals surface area contributed by atoms with E-state index in [1.165, 1.54) is 72.3 Å². The van der Waals surface area contributed by atoms with Crippen LogP contribution < -0.4 is 0 Å². The second kappa shape index (κ2) is 12.6. The summed E-state index contributed by atoms with van der Waals surface area (Å²) in [6.07, 6.45) is 2.12. The summed E-state index contributed by atoms with van der Waals surface area (Å²) < 4.78 is 0. The van der Waals surface area contributed by atoms with Gasteiger partial charge in [0.25, 0.3) is 0 Å². The van der Waals surface area contributed by atoms with Crippen molar-refractivity contribution in [1.29, 1.82) is 0 Å². The molecule has 0 unspecified atom stereocenters. The molecule has 0 radical (unpaired) electrons. The Balaban J connectivity index is 1.02. The van der Waals surface area contributed by atoms with E-state index in [0.717, 1.165) is 12.8 Å². The van der Waals surface area contributed by atoms with E-state index < -0.39 is 0 Å². The van der Waals surface area contributed by atoms with Crippen LogP contribution in [0.25, 0.3) is 44.5 Å². The zero-order chi connectivity index (χ0) is 32.5. The SMILES string of the molecule is CC1(C)c2cc(CCC(c3ccccc3)c3ccccc3)ccc2-c2ccc(-c3ccc(-c4ccc(-c5ccccc5)cc4)cc3)cc21. The summed E-state index contributed by atoms with van der Waals surface area (Å²) in [5.74, 6) is 0.383. The molecule has 1 aliphatic carbocycles. The normalized spacial score (nSPS) is 12.9. The van der Waals surface area contributed by atoms with Gasteiger partial charge >= 0.3 is 0 Å². The van der Waals surface area contributed by atoms with Crippen LogP contribution in [0.4, 0.5) is 0 Å². The van der Waals surface area contributed by atoms with Gasteiger partial charge in [-0.2, -0.15) is 0 Å². The summed E-state index contributed by atoms with van der Waals surface area (Å²) in [6.45, 7) is 4.79. The van der Waals surface area contributed by atoms with Crippen LogP contribution in [0.5, 0.6) is 0 Å². The fourth-order valence-corrected chi connectivity index (χ4v) is 7.67. The molecule has 48 heavy (non-hydrogen) atoms. The van der Waals surface area contributed by atoms with Crippen LogP contribution in [0.15, 0.2) is 176 Å². The molecule has 0 saturated carbocycles. The quantitative estimate of drug-likeness (QED) is 0.159. The number of benzene rings is 7. The molecule has 7 aromatic carbocycles. The maximum Gasteiger partial charge on any atom is 0.0159 e. The van der Waals surface area contributed by atoms with Gasteiger partial charge in [0.15, 0.2) is 0 Å². The Kier molecular flexibility index (Phi) is 7.87. The van der Waals surface area contributed by atoms with E-state index in [0.29, 0.717) is 5.92 Å². The lowest BCUT2D eigenvalue weighted by atomic mass is 9.80. The highest BCUT2D eigenvalue weighted by molar-refractivity contribution is 5.84. The number of hydrogen-bond donors (Lipinski definition) is 0. The highest BCUT2D eigenvalue weighted by Gasteiger charge is 2.35. The Morgan fingerprint density at radius 1 is 0.396 bits per heavy atom. The molecule has 0 fully saturated rings. The van der Waals surface area contributed by atoms with Crippen molar-refractivity contribution in [2.24, 2.45) is 0 Å². The summed E-state index contributed by atoms with van der Waals surface area (Å²) in [4.78, 5) is 0. The Labute approximate surface area is 285 Å². The number of hydrogen-bond acceptors (Lipinski definition) is 0. The lowest BCUT2D eigenvalue weighted by molar-refractivity contribution is 0.657. The molecule has 0 nitrogen and oxygen atoms in total. The first kappa shape index (κ1) is 29.9. The number of aryl methyl sites for hydroxylation is 1. The third-order valence-electron chi connectivity index (χ3n) is 10.4.